The molecule has 4 aromatic rings. The van der Waals surface area contributed by atoms with Gasteiger partial charge in [0.2, 0.25) is 5.91 Å². The highest BCUT2D eigenvalue weighted by Crippen LogP contribution is 2.28. The molecule has 0 spiro atoms. The molecule has 4 aromatic heterocycles. The number of nitrogens with one attached hydrogen (secondary N) is 2. The predicted octanol–water partition coefficient (Wildman–Crippen LogP) is 5.38. The smallest absolute Gasteiger partial charge is 0.257 e. The second-order valence-corrected chi connectivity index (χ2v) is 18.8. The summed E-state index contributed by atoms with van der Waals surface area (Å²) < 4.78 is 9.88. The largest absolute Gasteiger partial charge is 0.361 e. The average molecular weight is 617 g/mol. The number of carbonyl (C=O) groups is 2. The van der Waals surface area contributed by atoms with E-state index in [1.54, 1.807) is 23.1 Å². The highest BCUT2D eigenvalue weighted by Gasteiger charge is 2.20. The normalized spacial score (nSPS) is 15.9. The van der Waals surface area contributed by atoms with Crippen molar-refractivity contribution < 1.29 is 14.3 Å². The average Bonchev–Trinajstić information content (AvgIpc) is 3.55. The molecule has 234 valence electrons. The van der Waals surface area contributed by atoms with Gasteiger partial charge in [-0.15, -0.1) is 0 Å². The lowest BCUT2D eigenvalue weighted by molar-refractivity contribution is -0.117. The van der Waals surface area contributed by atoms with Crippen LogP contribution in [0.25, 0.3) is 22.3 Å². The SMILES string of the molecule is Cc1ncc(NC(=O)c2cnc3c(c2)cc(-c2cnn(C)c2)n3COCC[Si](C)(C)C)cc1NC(=O)CN1CCC[C@H](C)C1. The Hall–Kier alpha value is -3.87. The van der Waals surface area contributed by atoms with Crippen LogP contribution in [-0.2, 0) is 23.3 Å². The second kappa shape index (κ2) is 13.4. The topological polar surface area (TPSA) is 119 Å². The van der Waals surface area contributed by atoms with E-state index in [2.05, 4.69) is 57.2 Å². The van der Waals surface area contributed by atoms with Crippen molar-refractivity contribution in [2.45, 2.75) is 59.1 Å². The predicted molar refractivity (Wildman–Crippen MR) is 176 cm³/mol. The number of carbonyl (C=O) groups excluding carboxylic acids is 2. The van der Waals surface area contributed by atoms with Crippen LogP contribution in [0.4, 0.5) is 11.4 Å². The maximum atomic E-state index is 13.3. The van der Waals surface area contributed by atoms with E-state index in [-0.39, 0.29) is 11.8 Å². The fraction of sp³-hybridized carbons (Fsp3) is 0.469. The standard InChI is InChI=1S/C32H44N8O3Si/c1-22-8-7-9-39(18-22)20-30(41)37-28-14-27(17-33-23(28)2)36-32(42)25-12-24-13-29(26-16-35-38(3)19-26)40(31(24)34-15-25)21-43-10-11-44(4,5)6/h12-17,19,22H,7-11,18,20-21H2,1-6H3,(H,36,42)(H,37,41)/t22-/m0/s1. The van der Waals surface area contributed by atoms with Gasteiger partial charge in [0, 0.05) is 51.6 Å². The van der Waals surface area contributed by atoms with Gasteiger partial charge in [0.25, 0.3) is 5.91 Å². The molecule has 12 heteroatoms. The number of piperidine rings is 1. The van der Waals surface area contributed by atoms with Gasteiger partial charge in [0.15, 0.2) is 0 Å². The fourth-order valence-corrected chi connectivity index (χ4v) is 6.24. The van der Waals surface area contributed by atoms with Crippen molar-refractivity contribution in [3.05, 3.63) is 54.2 Å². The fourth-order valence-electron chi connectivity index (χ4n) is 5.48. The van der Waals surface area contributed by atoms with Crippen molar-refractivity contribution in [1.82, 2.24) is 29.2 Å². The molecular weight excluding hydrogens is 572 g/mol. The van der Waals surface area contributed by atoms with Gasteiger partial charge in [-0.1, -0.05) is 26.6 Å². The van der Waals surface area contributed by atoms with Gasteiger partial charge in [-0.25, -0.2) is 4.98 Å². The van der Waals surface area contributed by atoms with Crippen molar-refractivity contribution in [1.29, 1.82) is 0 Å². The van der Waals surface area contributed by atoms with E-state index in [1.807, 2.05) is 43.1 Å². The number of amides is 2. The van der Waals surface area contributed by atoms with Gasteiger partial charge in [-0.3, -0.25) is 24.2 Å². The maximum absolute atomic E-state index is 13.3. The van der Waals surface area contributed by atoms with E-state index < -0.39 is 8.07 Å². The molecule has 5 rings (SSSR count). The quantitative estimate of drug-likeness (QED) is 0.172. The lowest BCUT2D eigenvalue weighted by Crippen LogP contribution is -2.39. The zero-order valence-corrected chi connectivity index (χ0v) is 27.7. The Labute approximate surface area is 260 Å². The van der Waals surface area contributed by atoms with Gasteiger partial charge in [0.05, 0.1) is 47.3 Å². The zero-order chi connectivity index (χ0) is 31.4. The minimum absolute atomic E-state index is 0.0828. The molecule has 1 atom stereocenters. The molecule has 0 radical (unpaired) electrons. The van der Waals surface area contributed by atoms with Crippen LogP contribution in [0.5, 0.6) is 0 Å². The number of pyridine rings is 2. The number of ether oxygens (including phenoxy) is 1. The van der Waals surface area contributed by atoms with Crippen LogP contribution < -0.4 is 10.6 Å². The van der Waals surface area contributed by atoms with E-state index in [0.717, 1.165) is 47.8 Å². The molecule has 1 fully saturated rings. The van der Waals surface area contributed by atoms with E-state index in [1.165, 1.54) is 6.42 Å². The number of hydrogen-bond donors (Lipinski definition) is 2. The molecule has 5 heterocycles. The summed E-state index contributed by atoms with van der Waals surface area (Å²) in [5.41, 5.74) is 4.78. The molecule has 0 aliphatic carbocycles. The lowest BCUT2D eigenvalue weighted by atomic mass is 10.0. The number of fused-ring (bicyclic) bond motifs is 1. The molecular formula is C32H44N8O3Si. The zero-order valence-electron chi connectivity index (χ0n) is 26.7. The van der Waals surface area contributed by atoms with Gasteiger partial charge in [-0.05, 0) is 56.5 Å². The Morgan fingerprint density at radius 2 is 1.91 bits per heavy atom. The summed E-state index contributed by atoms with van der Waals surface area (Å²) >= 11 is 0. The third-order valence-corrected chi connectivity index (χ3v) is 9.64. The Bertz CT molecular complexity index is 1640. The molecule has 0 aromatic carbocycles. The monoisotopic (exact) mass is 616 g/mol. The van der Waals surface area contributed by atoms with Gasteiger partial charge in [0.1, 0.15) is 12.4 Å². The number of nitrogens with zero attached hydrogens (tertiary/aromatic N) is 6. The summed E-state index contributed by atoms with van der Waals surface area (Å²) in [7, 11) is 0.661. The van der Waals surface area contributed by atoms with Gasteiger partial charge in [-0.2, -0.15) is 5.10 Å². The summed E-state index contributed by atoms with van der Waals surface area (Å²) in [5.74, 6) is 0.202. The van der Waals surface area contributed by atoms with Crippen molar-refractivity contribution in [3.8, 4) is 11.3 Å². The third-order valence-electron chi connectivity index (χ3n) is 7.94. The summed E-state index contributed by atoms with van der Waals surface area (Å²) in [4.78, 5) is 37.4. The summed E-state index contributed by atoms with van der Waals surface area (Å²) in [6.45, 7) is 14.3. The number of rotatable bonds is 11. The number of hydrogen-bond acceptors (Lipinski definition) is 7. The van der Waals surface area contributed by atoms with Crippen molar-refractivity contribution >= 4 is 42.3 Å². The Morgan fingerprint density at radius 1 is 1.09 bits per heavy atom. The number of aryl methyl sites for hydroxylation is 2. The highest BCUT2D eigenvalue weighted by molar-refractivity contribution is 6.76. The molecule has 11 nitrogen and oxygen atoms in total. The minimum atomic E-state index is -1.22. The molecule has 2 N–H and O–H groups in total. The maximum Gasteiger partial charge on any atom is 0.257 e. The van der Waals surface area contributed by atoms with Crippen LogP contribution in [-0.4, -0.2) is 75.3 Å². The number of anilines is 2. The molecule has 1 saturated heterocycles. The first-order valence-electron chi connectivity index (χ1n) is 15.3. The summed E-state index contributed by atoms with van der Waals surface area (Å²) in [6.07, 6.45) is 9.25. The molecule has 1 aliphatic heterocycles. The van der Waals surface area contributed by atoms with Crippen LogP contribution in [0.15, 0.2) is 43.0 Å². The van der Waals surface area contributed by atoms with Crippen LogP contribution in [0.3, 0.4) is 0 Å². The summed E-state index contributed by atoms with van der Waals surface area (Å²) in [5, 5.41) is 11.1. The lowest BCUT2D eigenvalue weighted by Gasteiger charge is -2.30. The Morgan fingerprint density at radius 3 is 2.64 bits per heavy atom. The van der Waals surface area contributed by atoms with E-state index >= 15 is 0 Å². The molecule has 44 heavy (non-hydrogen) atoms. The Balaban J connectivity index is 1.31. The molecule has 1 aliphatic rings. The van der Waals surface area contributed by atoms with Crippen LogP contribution >= 0.6 is 0 Å². The molecule has 0 unspecified atom stereocenters. The van der Waals surface area contributed by atoms with Crippen LogP contribution in [0.2, 0.25) is 25.7 Å². The van der Waals surface area contributed by atoms with Crippen molar-refractivity contribution in [3.63, 3.8) is 0 Å². The molecule has 2 amide bonds. The molecule has 0 saturated carbocycles. The second-order valence-electron chi connectivity index (χ2n) is 13.2. The van der Waals surface area contributed by atoms with Gasteiger partial charge < -0.3 is 19.9 Å². The van der Waals surface area contributed by atoms with Crippen molar-refractivity contribution in [2.75, 3.05) is 36.9 Å². The number of aromatic nitrogens is 5. The first-order valence-corrected chi connectivity index (χ1v) is 19.0. The first-order chi connectivity index (χ1) is 20.9. The van der Waals surface area contributed by atoms with Gasteiger partial charge >= 0.3 is 0 Å². The van der Waals surface area contributed by atoms with Crippen LogP contribution in [0.1, 0.15) is 35.8 Å². The minimum Gasteiger partial charge on any atom is -0.361 e. The summed E-state index contributed by atoms with van der Waals surface area (Å²) in [6, 6.07) is 6.67. The van der Waals surface area contributed by atoms with E-state index in [0.29, 0.717) is 48.4 Å². The third kappa shape index (κ3) is 7.99. The highest BCUT2D eigenvalue weighted by atomic mass is 28.3. The number of likely N-dealkylation sites (tertiary alicyclic amines) is 1. The van der Waals surface area contributed by atoms with E-state index in [9.17, 15) is 9.59 Å². The van der Waals surface area contributed by atoms with E-state index in [4.69, 9.17) is 4.74 Å². The van der Waals surface area contributed by atoms with Crippen LogP contribution in [0, 0.1) is 12.8 Å². The molecule has 0 bridgehead atoms. The first kappa shape index (κ1) is 31.5. The Kier molecular flexibility index (Phi) is 9.61. The van der Waals surface area contributed by atoms with Crippen molar-refractivity contribution in [2.24, 2.45) is 13.0 Å².